The van der Waals surface area contributed by atoms with Crippen LogP contribution in [0.4, 0.5) is 0 Å². The highest BCUT2D eigenvalue weighted by molar-refractivity contribution is 5.79. The highest BCUT2D eigenvalue weighted by Gasteiger charge is 2.11. The van der Waals surface area contributed by atoms with Crippen LogP contribution in [0.1, 0.15) is 11.5 Å². The molecule has 1 heterocycles. The number of benzene rings is 1. The van der Waals surface area contributed by atoms with Crippen LogP contribution in [0.25, 0.3) is 11.1 Å². The number of hydrogen-bond acceptors (Lipinski definition) is 4. The normalized spacial score (nSPS) is 10.1. The predicted octanol–water partition coefficient (Wildman–Crippen LogP) is 1.33. The number of aromatic nitrogens is 1. The van der Waals surface area contributed by atoms with Gasteiger partial charge in [0.2, 0.25) is 5.89 Å². The zero-order valence-electron chi connectivity index (χ0n) is 7.60. The first-order valence-electron chi connectivity index (χ1n) is 4.21. The van der Waals surface area contributed by atoms with Crippen LogP contribution in [0, 0.1) is 11.3 Å². The largest absolute Gasteiger partial charge is 0.481 e. The summed E-state index contributed by atoms with van der Waals surface area (Å²) in [5.74, 6) is -0.903. The molecule has 0 fully saturated rings. The molecule has 0 amide bonds. The molecule has 1 aromatic heterocycles. The highest BCUT2D eigenvalue weighted by atomic mass is 16.4. The summed E-state index contributed by atoms with van der Waals surface area (Å²) in [6.45, 7) is 0. The van der Waals surface area contributed by atoms with Crippen molar-refractivity contribution in [3.63, 3.8) is 0 Å². The Bertz CT molecular complexity index is 566. The van der Waals surface area contributed by atoms with Gasteiger partial charge in [-0.3, -0.25) is 4.79 Å². The van der Waals surface area contributed by atoms with Crippen molar-refractivity contribution in [1.82, 2.24) is 4.98 Å². The molecule has 0 saturated carbocycles. The van der Waals surface area contributed by atoms with Gasteiger partial charge in [0.15, 0.2) is 5.58 Å². The average molecular weight is 202 g/mol. The zero-order chi connectivity index (χ0) is 10.8. The van der Waals surface area contributed by atoms with Crippen LogP contribution >= 0.6 is 0 Å². The quantitative estimate of drug-likeness (QED) is 0.793. The number of nitriles is 1. The molecule has 0 aliphatic rings. The summed E-state index contributed by atoms with van der Waals surface area (Å²) in [6.07, 6.45) is -0.278. The number of aliphatic carboxylic acids is 1. The van der Waals surface area contributed by atoms with Crippen LogP contribution in [0.15, 0.2) is 22.6 Å². The zero-order valence-corrected chi connectivity index (χ0v) is 7.60. The Hall–Kier alpha value is -2.35. The molecule has 0 aliphatic carbocycles. The van der Waals surface area contributed by atoms with Crippen molar-refractivity contribution in [2.75, 3.05) is 0 Å². The monoisotopic (exact) mass is 202 g/mol. The minimum absolute atomic E-state index is 0.111. The lowest BCUT2D eigenvalue weighted by molar-refractivity contribution is -0.136. The summed E-state index contributed by atoms with van der Waals surface area (Å²) >= 11 is 0. The van der Waals surface area contributed by atoms with Crippen molar-refractivity contribution in [2.45, 2.75) is 6.42 Å². The first kappa shape index (κ1) is 9.21. The van der Waals surface area contributed by atoms with Crippen LogP contribution < -0.4 is 0 Å². The molecule has 5 nitrogen and oxygen atoms in total. The third-order valence-corrected chi connectivity index (χ3v) is 1.88. The minimum Gasteiger partial charge on any atom is -0.481 e. The lowest BCUT2D eigenvalue weighted by atomic mass is 10.2. The Morgan fingerprint density at radius 3 is 3.07 bits per heavy atom. The number of carboxylic acid groups (broad SMARTS) is 1. The maximum atomic E-state index is 10.4. The van der Waals surface area contributed by atoms with Gasteiger partial charge in [-0.25, -0.2) is 4.98 Å². The summed E-state index contributed by atoms with van der Waals surface area (Å²) in [5, 5.41) is 17.3. The number of carbonyl (C=O) groups is 1. The molecule has 0 saturated heterocycles. The van der Waals surface area contributed by atoms with E-state index in [9.17, 15) is 4.79 Å². The second-order valence-electron chi connectivity index (χ2n) is 2.94. The van der Waals surface area contributed by atoms with Crippen LogP contribution in [0.3, 0.4) is 0 Å². The molecule has 2 rings (SSSR count). The molecule has 0 aliphatic heterocycles. The average Bonchev–Trinajstić information content (AvgIpc) is 2.58. The molecule has 15 heavy (non-hydrogen) atoms. The predicted molar refractivity (Wildman–Crippen MR) is 50.1 cm³/mol. The van der Waals surface area contributed by atoms with Gasteiger partial charge in [0.25, 0.3) is 0 Å². The fourth-order valence-electron chi connectivity index (χ4n) is 1.29. The summed E-state index contributed by atoms with van der Waals surface area (Å²) in [5.41, 5.74) is 1.21. The number of nitrogens with zero attached hydrogens (tertiary/aromatic N) is 2. The Morgan fingerprint density at radius 1 is 1.60 bits per heavy atom. The van der Waals surface area contributed by atoms with Crippen molar-refractivity contribution in [3.8, 4) is 6.07 Å². The Labute approximate surface area is 84.6 Å². The number of oxazole rings is 1. The molecule has 74 valence electrons. The van der Waals surface area contributed by atoms with Gasteiger partial charge in [0.05, 0.1) is 5.56 Å². The standard InChI is InChI=1S/C10H6N2O3/c11-5-6-2-1-3-7-10(6)15-8(12-7)4-9(13)14/h1-3H,4H2,(H,13,14). The number of fused-ring (bicyclic) bond motifs is 1. The smallest absolute Gasteiger partial charge is 0.312 e. The van der Waals surface area contributed by atoms with E-state index < -0.39 is 5.97 Å². The number of rotatable bonds is 2. The van der Waals surface area contributed by atoms with Crippen molar-refractivity contribution < 1.29 is 14.3 Å². The van der Waals surface area contributed by atoms with Gasteiger partial charge in [0.1, 0.15) is 18.0 Å². The van der Waals surface area contributed by atoms with Crippen LogP contribution in [-0.2, 0) is 11.2 Å². The first-order chi connectivity index (χ1) is 7.20. The maximum absolute atomic E-state index is 10.4. The van der Waals surface area contributed by atoms with E-state index in [0.29, 0.717) is 16.7 Å². The van der Waals surface area contributed by atoms with Crippen molar-refractivity contribution in [3.05, 3.63) is 29.7 Å². The van der Waals surface area contributed by atoms with E-state index in [4.69, 9.17) is 14.8 Å². The third-order valence-electron chi connectivity index (χ3n) is 1.88. The van der Waals surface area contributed by atoms with Gasteiger partial charge < -0.3 is 9.52 Å². The second-order valence-corrected chi connectivity index (χ2v) is 2.94. The molecule has 0 bridgehead atoms. The minimum atomic E-state index is -1.01. The summed E-state index contributed by atoms with van der Waals surface area (Å²) in [4.78, 5) is 14.4. The van der Waals surface area contributed by atoms with Gasteiger partial charge >= 0.3 is 5.97 Å². The van der Waals surface area contributed by atoms with Gasteiger partial charge in [-0.05, 0) is 12.1 Å². The molecule has 2 aromatic rings. The van der Waals surface area contributed by atoms with Gasteiger partial charge in [-0.15, -0.1) is 0 Å². The van der Waals surface area contributed by atoms with E-state index >= 15 is 0 Å². The molecule has 1 aromatic carbocycles. The lowest BCUT2D eigenvalue weighted by Crippen LogP contribution is -1.99. The van der Waals surface area contributed by atoms with Gasteiger partial charge in [-0.1, -0.05) is 6.07 Å². The van der Waals surface area contributed by atoms with Crippen LogP contribution in [0.2, 0.25) is 0 Å². The van der Waals surface area contributed by atoms with E-state index in [1.165, 1.54) is 0 Å². The molecule has 1 N–H and O–H groups in total. The molecule has 0 spiro atoms. The summed E-state index contributed by atoms with van der Waals surface area (Å²) in [6, 6.07) is 6.90. The Morgan fingerprint density at radius 2 is 2.40 bits per heavy atom. The van der Waals surface area contributed by atoms with E-state index in [0.717, 1.165) is 0 Å². The highest BCUT2D eigenvalue weighted by Crippen LogP contribution is 2.19. The Balaban J connectivity index is 2.56. The molecule has 0 unspecified atom stereocenters. The SMILES string of the molecule is N#Cc1cccc2nc(CC(=O)O)oc12. The maximum Gasteiger partial charge on any atom is 0.312 e. The van der Waals surface area contributed by atoms with E-state index in [1.807, 2.05) is 6.07 Å². The fourth-order valence-corrected chi connectivity index (χ4v) is 1.29. The summed E-state index contributed by atoms with van der Waals surface area (Å²) in [7, 11) is 0. The summed E-state index contributed by atoms with van der Waals surface area (Å²) < 4.78 is 5.19. The fraction of sp³-hybridized carbons (Fsp3) is 0.100. The third kappa shape index (κ3) is 1.65. The van der Waals surface area contributed by atoms with E-state index in [-0.39, 0.29) is 12.3 Å². The van der Waals surface area contributed by atoms with Gasteiger partial charge in [-0.2, -0.15) is 5.26 Å². The van der Waals surface area contributed by atoms with Crippen LogP contribution in [-0.4, -0.2) is 16.1 Å². The Kier molecular flexibility index (Phi) is 2.10. The van der Waals surface area contributed by atoms with Crippen molar-refractivity contribution >= 4 is 17.1 Å². The first-order valence-corrected chi connectivity index (χ1v) is 4.21. The van der Waals surface area contributed by atoms with Crippen LogP contribution in [0.5, 0.6) is 0 Å². The molecule has 0 radical (unpaired) electrons. The van der Waals surface area contributed by atoms with E-state index in [1.54, 1.807) is 18.2 Å². The van der Waals surface area contributed by atoms with Gasteiger partial charge in [0, 0.05) is 0 Å². The molecule has 5 heteroatoms. The topological polar surface area (TPSA) is 87.1 Å². The number of carboxylic acids is 1. The van der Waals surface area contributed by atoms with Crippen molar-refractivity contribution in [1.29, 1.82) is 5.26 Å². The second kappa shape index (κ2) is 3.42. The number of para-hydroxylation sites is 1. The molecule has 0 atom stereocenters. The lowest BCUT2D eigenvalue weighted by Gasteiger charge is -1.87. The molecular weight excluding hydrogens is 196 g/mol. The molecular formula is C10H6N2O3. The van der Waals surface area contributed by atoms with E-state index in [2.05, 4.69) is 4.98 Å². The number of hydrogen-bond donors (Lipinski definition) is 1. The van der Waals surface area contributed by atoms with Crippen molar-refractivity contribution in [2.24, 2.45) is 0 Å².